The molecular formula is C22H16O. The zero-order chi connectivity index (χ0) is 15.7. The molecule has 3 rings (SSSR count). The van der Waals surface area contributed by atoms with Gasteiger partial charge in [-0.25, -0.2) is 0 Å². The van der Waals surface area contributed by atoms with Crippen molar-refractivity contribution >= 4 is 10.8 Å². The van der Waals surface area contributed by atoms with E-state index in [1.165, 1.54) is 10.8 Å². The summed E-state index contributed by atoms with van der Waals surface area (Å²) in [6.07, 6.45) is 0. The van der Waals surface area contributed by atoms with E-state index in [4.69, 9.17) is 4.74 Å². The maximum Gasteiger partial charge on any atom is 0.109 e. The molecule has 0 atom stereocenters. The molecule has 0 bridgehead atoms. The van der Waals surface area contributed by atoms with Crippen LogP contribution in [0.4, 0.5) is 0 Å². The molecule has 23 heavy (non-hydrogen) atoms. The Balaban J connectivity index is 1.51. The molecule has 0 amide bonds. The van der Waals surface area contributed by atoms with Crippen molar-refractivity contribution in [1.82, 2.24) is 0 Å². The third-order valence-corrected chi connectivity index (χ3v) is 3.34. The third-order valence-electron chi connectivity index (χ3n) is 3.34. The van der Waals surface area contributed by atoms with Gasteiger partial charge in [0.25, 0.3) is 0 Å². The Hall–Kier alpha value is -3.00. The number of rotatable bonds is 2. The van der Waals surface area contributed by atoms with Crippen molar-refractivity contribution in [2.75, 3.05) is 13.2 Å². The first-order chi connectivity index (χ1) is 11.4. The highest BCUT2D eigenvalue weighted by atomic mass is 16.5. The maximum absolute atomic E-state index is 5.42. The zero-order valence-electron chi connectivity index (χ0n) is 12.8. The molecule has 0 radical (unpaired) electrons. The fourth-order valence-corrected chi connectivity index (χ4v) is 2.22. The molecule has 0 aromatic heterocycles. The normalized spacial score (nSPS) is 9.57. The van der Waals surface area contributed by atoms with Gasteiger partial charge in [-0.3, -0.25) is 0 Å². The maximum atomic E-state index is 5.42. The van der Waals surface area contributed by atoms with Crippen molar-refractivity contribution in [3.8, 4) is 23.7 Å². The van der Waals surface area contributed by atoms with Gasteiger partial charge in [0.15, 0.2) is 0 Å². The first kappa shape index (κ1) is 14.9. The van der Waals surface area contributed by atoms with Gasteiger partial charge in [-0.2, -0.15) is 0 Å². The molecule has 0 spiro atoms. The summed E-state index contributed by atoms with van der Waals surface area (Å²) in [7, 11) is 0. The quantitative estimate of drug-likeness (QED) is 0.507. The van der Waals surface area contributed by atoms with Gasteiger partial charge in [-0.15, -0.1) is 0 Å². The average Bonchev–Trinajstić information content (AvgIpc) is 2.61. The summed E-state index contributed by atoms with van der Waals surface area (Å²) >= 11 is 0. The molecule has 0 aliphatic heterocycles. The van der Waals surface area contributed by atoms with Crippen LogP contribution < -0.4 is 0 Å². The lowest BCUT2D eigenvalue weighted by Gasteiger charge is -1.97. The highest BCUT2D eigenvalue weighted by Crippen LogP contribution is 2.14. The van der Waals surface area contributed by atoms with Gasteiger partial charge < -0.3 is 4.74 Å². The molecule has 0 heterocycles. The minimum Gasteiger partial charge on any atom is -0.356 e. The van der Waals surface area contributed by atoms with Gasteiger partial charge in [0.1, 0.15) is 13.2 Å². The summed E-state index contributed by atoms with van der Waals surface area (Å²) in [6, 6.07) is 24.4. The lowest BCUT2D eigenvalue weighted by molar-refractivity contribution is 0.204. The lowest BCUT2D eigenvalue weighted by atomic mass is 10.1. The number of benzene rings is 3. The first-order valence-corrected chi connectivity index (χ1v) is 7.51. The Morgan fingerprint density at radius 1 is 0.609 bits per heavy atom. The molecule has 0 N–H and O–H groups in total. The van der Waals surface area contributed by atoms with Crippen LogP contribution in [0.5, 0.6) is 0 Å². The van der Waals surface area contributed by atoms with Crippen molar-refractivity contribution < 1.29 is 4.74 Å². The van der Waals surface area contributed by atoms with E-state index < -0.39 is 0 Å². The summed E-state index contributed by atoms with van der Waals surface area (Å²) in [4.78, 5) is 0. The van der Waals surface area contributed by atoms with E-state index in [9.17, 15) is 0 Å². The fourth-order valence-electron chi connectivity index (χ4n) is 2.22. The summed E-state index contributed by atoms with van der Waals surface area (Å²) < 4.78 is 5.42. The highest BCUT2D eigenvalue weighted by Gasteiger charge is 1.92. The highest BCUT2D eigenvalue weighted by molar-refractivity contribution is 5.83. The van der Waals surface area contributed by atoms with E-state index in [1.54, 1.807) is 0 Å². The van der Waals surface area contributed by atoms with E-state index in [2.05, 4.69) is 47.9 Å². The molecule has 0 aliphatic carbocycles. The lowest BCUT2D eigenvalue weighted by Crippen LogP contribution is -1.91. The summed E-state index contributed by atoms with van der Waals surface area (Å²) in [6.45, 7) is 0.775. The van der Waals surface area contributed by atoms with Crippen LogP contribution in [0.15, 0.2) is 72.8 Å². The molecule has 0 saturated carbocycles. The molecule has 0 unspecified atom stereocenters. The zero-order valence-corrected chi connectivity index (χ0v) is 12.8. The standard InChI is InChI=1S/C22H16O/c1-2-8-19(9-3-1)10-6-16-23-17-7-11-20-14-15-21-12-4-5-13-22(21)18-20/h1-5,8-9,12-15,18H,16-17H2. The Morgan fingerprint density at radius 3 is 2.04 bits per heavy atom. The second-order valence-corrected chi connectivity index (χ2v) is 5.02. The van der Waals surface area contributed by atoms with Crippen molar-refractivity contribution in [2.24, 2.45) is 0 Å². The van der Waals surface area contributed by atoms with Crippen LogP contribution in [0.2, 0.25) is 0 Å². The minimum absolute atomic E-state index is 0.385. The van der Waals surface area contributed by atoms with Crippen molar-refractivity contribution in [1.29, 1.82) is 0 Å². The Labute approximate surface area is 136 Å². The number of fused-ring (bicyclic) bond motifs is 1. The van der Waals surface area contributed by atoms with Crippen molar-refractivity contribution in [3.05, 3.63) is 83.9 Å². The van der Waals surface area contributed by atoms with E-state index >= 15 is 0 Å². The van der Waals surface area contributed by atoms with Crippen LogP contribution in [0.1, 0.15) is 11.1 Å². The second-order valence-electron chi connectivity index (χ2n) is 5.02. The molecule has 1 heteroatoms. The van der Waals surface area contributed by atoms with Crippen LogP contribution >= 0.6 is 0 Å². The van der Waals surface area contributed by atoms with Crippen LogP contribution in [0.25, 0.3) is 10.8 Å². The molecular weight excluding hydrogens is 280 g/mol. The number of hydrogen-bond donors (Lipinski definition) is 0. The van der Waals surface area contributed by atoms with E-state index in [0.717, 1.165) is 11.1 Å². The predicted octanol–water partition coefficient (Wildman–Crippen LogP) is 4.26. The summed E-state index contributed by atoms with van der Waals surface area (Å²) in [5, 5.41) is 2.43. The molecule has 3 aromatic rings. The van der Waals surface area contributed by atoms with Gasteiger partial charge in [0.05, 0.1) is 0 Å². The Kier molecular flexibility index (Phi) is 5.09. The third kappa shape index (κ3) is 4.48. The minimum atomic E-state index is 0.385. The molecule has 0 saturated heterocycles. The second kappa shape index (κ2) is 7.85. The topological polar surface area (TPSA) is 9.23 Å². The van der Waals surface area contributed by atoms with Crippen LogP contribution in [-0.4, -0.2) is 13.2 Å². The smallest absolute Gasteiger partial charge is 0.109 e. The fraction of sp³-hybridized carbons (Fsp3) is 0.0909. The van der Waals surface area contributed by atoms with Gasteiger partial charge in [-0.05, 0) is 35.0 Å². The molecule has 110 valence electrons. The summed E-state index contributed by atoms with van der Waals surface area (Å²) in [5.74, 6) is 12.2. The van der Waals surface area contributed by atoms with Gasteiger partial charge in [0, 0.05) is 11.1 Å². The summed E-state index contributed by atoms with van der Waals surface area (Å²) in [5.41, 5.74) is 2.00. The largest absolute Gasteiger partial charge is 0.356 e. The molecule has 0 aliphatic rings. The average molecular weight is 296 g/mol. The van der Waals surface area contributed by atoms with Crippen molar-refractivity contribution in [2.45, 2.75) is 0 Å². The van der Waals surface area contributed by atoms with Gasteiger partial charge in [0.2, 0.25) is 0 Å². The van der Waals surface area contributed by atoms with E-state index in [0.29, 0.717) is 13.2 Å². The molecule has 0 fully saturated rings. The van der Waals surface area contributed by atoms with Crippen LogP contribution in [0.3, 0.4) is 0 Å². The Morgan fingerprint density at radius 2 is 1.26 bits per heavy atom. The van der Waals surface area contributed by atoms with Crippen LogP contribution in [-0.2, 0) is 4.74 Å². The Bertz CT molecular complexity index is 902. The van der Waals surface area contributed by atoms with Crippen molar-refractivity contribution in [3.63, 3.8) is 0 Å². The first-order valence-electron chi connectivity index (χ1n) is 7.51. The van der Waals surface area contributed by atoms with E-state index in [1.807, 2.05) is 48.5 Å². The monoisotopic (exact) mass is 296 g/mol. The van der Waals surface area contributed by atoms with Gasteiger partial charge >= 0.3 is 0 Å². The van der Waals surface area contributed by atoms with Crippen LogP contribution in [0, 0.1) is 23.7 Å². The molecule has 3 aromatic carbocycles. The predicted molar refractivity (Wildman–Crippen MR) is 95.0 cm³/mol. The van der Waals surface area contributed by atoms with E-state index in [-0.39, 0.29) is 0 Å². The number of ether oxygens (including phenoxy) is 1. The SMILES string of the molecule is C(#Cc1ccccc1)COCC#Cc1ccc2ccccc2c1. The molecule has 1 nitrogen and oxygen atoms in total. The number of hydrogen-bond acceptors (Lipinski definition) is 1. The van der Waals surface area contributed by atoms with Gasteiger partial charge in [-0.1, -0.05) is 72.2 Å².